The number of nitrogens with zero attached hydrogens (tertiary/aromatic N) is 1. The first kappa shape index (κ1) is 27.3. The Balaban J connectivity index is 1.88. The first-order valence-corrected chi connectivity index (χ1v) is 12.9. The number of halogens is 1. The van der Waals surface area contributed by atoms with Crippen LogP contribution in [0.5, 0.6) is 0 Å². The third-order valence-corrected chi connectivity index (χ3v) is 6.96. The van der Waals surface area contributed by atoms with Crippen LogP contribution in [0.1, 0.15) is 46.0 Å². The number of likely N-dealkylation sites (tertiary alicyclic amines) is 1. The lowest BCUT2D eigenvalue weighted by molar-refractivity contribution is -0.0166. The summed E-state index contributed by atoms with van der Waals surface area (Å²) in [5.74, 6) is 7.00. The Morgan fingerprint density at radius 3 is 2.54 bits per heavy atom. The minimum Gasteiger partial charge on any atom is -0.488 e. The molecule has 35 heavy (non-hydrogen) atoms. The molecular formula is C29H39ClN2O3. The van der Waals surface area contributed by atoms with Gasteiger partial charge in [0.15, 0.2) is 0 Å². The van der Waals surface area contributed by atoms with E-state index in [0.29, 0.717) is 23.0 Å². The van der Waals surface area contributed by atoms with Gasteiger partial charge in [-0.15, -0.1) is 0 Å². The molecule has 1 fully saturated rings. The van der Waals surface area contributed by atoms with Crippen LogP contribution in [0.3, 0.4) is 0 Å². The van der Waals surface area contributed by atoms with Gasteiger partial charge in [-0.2, -0.15) is 5.90 Å². The van der Waals surface area contributed by atoms with E-state index in [1.54, 1.807) is 6.08 Å². The summed E-state index contributed by atoms with van der Waals surface area (Å²) in [7, 11) is 0. The van der Waals surface area contributed by atoms with Crippen LogP contribution in [0.15, 0.2) is 94.5 Å². The third-order valence-electron chi connectivity index (χ3n) is 6.60. The van der Waals surface area contributed by atoms with Crippen LogP contribution in [0.25, 0.3) is 0 Å². The topological polar surface area (TPSA) is 68.0 Å². The van der Waals surface area contributed by atoms with E-state index in [9.17, 15) is 5.11 Å². The van der Waals surface area contributed by atoms with Crippen LogP contribution in [-0.2, 0) is 9.57 Å². The van der Waals surface area contributed by atoms with Gasteiger partial charge in [0, 0.05) is 29.6 Å². The Labute approximate surface area is 215 Å². The molecular weight excluding hydrogens is 460 g/mol. The zero-order valence-corrected chi connectivity index (χ0v) is 21.8. The van der Waals surface area contributed by atoms with Gasteiger partial charge in [0.1, 0.15) is 17.6 Å². The number of aliphatic hydroxyl groups is 1. The van der Waals surface area contributed by atoms with Gasteiger partial charge in [-0.1, -0.05) is 68.1 Å². The molecule has 0 spiro atoms. The molecule has 0 amide bonds. The number of hydrogen-bond donors (Lipinski definition) is 2. The summed E-state index contributed by atoms with van der Waals surface area (Å²) in [4.78, 5) is 7.89. The first-order chi connectivity index (χ1) is 16.9. The summed E-state index contributed by atoms with van der Waals surface area (Å²) in [5.41, 5.74) is 3.32. The Bertz CT molecular complexity index is 980. The molecule has 0 aromatic rings. The molecule has 0 radical (unpaired) electrons. The van der Waals surface area contributed by atoms with Gasteiger partial charge in [-0.05, 0) is 68.4 Å². The molecule has 2 atom stereocenters. The number of hydrogen-bond acceptors (Lipinski definition) is 5. The predicted octanol–water partition coefficient (Wildman–Crippen LogP) is 5.98. The largest absolute Gasteiger partial charge is 0.488 e. The molecule has 6 heteroatoms. The van der Waals surface area contributed by atoms with E-state index >= 15 is 0 Å². The molecule has 2 aliphatic carbocycles. The highest BCUT2D eigenvalue weighted by molar-refractivity contribution is 6.32. The van der Waals surface area contributed by atoms with Crippen molar-refractivity contribution in [2.45, 2.75) is 58.2 Å². The van der Waals surface area contributed by atoms with Crippen molar-refractivity contribution in [3.05, 3.63) is 94.5 Å². The fourth-order valence-electron chi connectivity index (χ4n) is 4.72. The number of nitrogens with two attached hydrogens (primary N) is 1. The molecule has 1 aliphatic heterocycles. The van der Waals surface area contributed by atoms with Crippen molar-refractivity contribution in [3.63, 3.8) is 0 Å². The average Bonchev–Trinajstić information content (AvgIpc) is 2.83. The van der Waals surface area contributed by atoms with Crippen molar-refractivity contribution < 1.29 is 14.7 Å². The maximum Gasteiger partial charge on any atom is 0.139 e. The molecule has 3 rings (SSSR count). The van der Waals surface area contributed by atoms with Gasteiger partial charge in [-0.3, -0.25) is 4.90 Å². The summed E-state index contributed by atoms with van der Waals surface area (Å²) in [6, 6.07) is 0. The number of aliphatic hydroxyl groups excluding tert-OH is 1. The van der Waals surface area contributed by atoms with Crippen molar-refractivity contribution in [1.29, 1.82) is 0 Å². The first-order valence-electron chi connectivity index (χ1n) is 12.5. The third kappa shape index (κ3) is 7.11. The molecule has 3 aliphatic rings. The smallest absolute Gasteiger partial charge is 0.139 e. The lowest BCUT2D eigenvalue weighted by Gasteiger charge is -2.38. The lowest BCUT2D eigenvalue weighted by Crippen LogP contribution is -2.51. The van der Waals surface area contributed by atoms with Crippen molar-refractivity contribution in [3.8, 4) is 0 Å². The molecule has 1 heterocycles. The number of rotatable bonds is 11. The van der Waals surface area contributed by atoms with E-state index < -0.39 is 6.10 Å². The average molecular weight is 499 g/mol. The van der Waals surface area contributed by atoms with Gasteiger partial charge >= 0.3 is 0 Å². The van der Waals surface area contributed by atoms with Crippen molar-refractivity contribution in [2.75, 3.05) is 19.6 Å². The van der Waals surface area contributed by atoms with Gasteiger partial charge in [0.05, 0.1) is 6.10 Å². The molecule has 3 N–H and O–H groups in total. The fraction of sp³-hybridized carbons (Fsp3) is 0.448. The SMILES string of the molecule is C=C(\C=C/C(=C\C)C(/C(=C)C1=CCCC=C1Cl)=C(/ON)[C@H]1C=C[C@@H](O)CC1)OC1CN(CCC)C1. The van der Waals surface area contributed by atoms with Gasteiger partial charge in [0.25, 0.3) is 0 Å². The molecule has 0 aromatic carbocycles. The van der Waals surface area contributed by atoms with Crippen LogP contribution >= 0.6 is 11.6 Å². The number of ether oxygens (including phenoxy) is 1. The van der Waals surface area contributed by atoms with Crippen molar-refractivity contribution >= 4 is 11.6 Å². The van der Waals surface area contributed by atoms with Crippen LogP contribution in [0.2, 0.25) is 0 Å². The molecule has 1 saturated heterocycles. The van der Waals surface area contributed by atoms with E-state index in [0.717, 1.165) is 67.6 Å². The van der Waals surface area contributed by atoms with E-state index in [2.05, 4.69) is 31.1 Å². The second kappa shape index (κ2) is 13.1. The summed E-state index contributed by atoms with van der Waals surface area (Å²) >= 11 is 6.58. The van der Waals surface area contributed by atoms with E-state index in [1.807, 2.05) is 37.3 Å². The van der Waals surface area contributed by atoms with E-state index in [1.165, 1.54) is 0 Å². The van der Waals surface area contributed by atoms with Gasteiger partial charge in [0.2, 0.25) is 0 Å². The predicted molar refractivity (Wildman–Crippen MR) is 144 cm³/mol. The van der Waals surface area contributed by atoms with Crippen LogP contribution < -0.4 is 5.90 Å². The molecule has 190 valence electrons. The summed E-state index contributed by atoms with van der Waals surface area (Å²) < 4.78 is 6.02. The Kier molecular flexibility index (Phi) is 10.2. The second-order valence-corrected chi connectivity index (χ2v) is 9.67. The van der Waals surface area contributed by atoms with E-state index in [-0.39, 0.29) is 12.0 Å². The van der Waals surface area contributed by atoms with Gasteiger partial charge in [-0.25, -0.2) is 0 Å². The van der Waals surface area contributed by atoms with E-state index in [4.69, 9.17) is 27.1 Å². The van der Waals surface area contributed by atoms with Crippen LogP contribution in [0.4, 0.5) is 0 Å². The quantitative estimate of drug-likeness (QED) is 0.159. The molecule has 5 nitrogen and oxygen atoms in total. The normalized spacial score (nSPS) is 24.4. The molecule has 0 aromatic heterocycles. The number of allylic oxidation sites excluding steroid dienone is 11. The Hall–Kier alpha value is -2.31. The minimum atomic E-state index is -0.448. The highest BCUT2D eigenvalue weighted by Gasteiger charge is 2.28. The van der Waals surface area contributed by atoms with Crippen molar-refractivity contribution in [1.82, 2.24) is 4.90 Å². The zero-order valence-electron chi connectivity index (χ0n) is 21.0. The van der Waals surface area contributed by atoms with Crippen LogP contribution in [-0.4, -0.2) is 41.8 Å². The lowest BCUT2D eigenvalue weighted by atomic mass is 9.83. The minimum absolute atomic E-state index is 0.0792. The summed E-state index contributed by atoms with van der Waals surface area (Å²) in [6.45, 7) is 15.6. The van der Waals surface area contributed by atoms with Gasteiger partial charge < -0.3 is 14.7 Å². The molecule has 0 saturated carbocycles. The van der Waals surface area contributed by atoms with Crippen LogP contribution in [0, 0.1) is 5.92 Å². The second-order valence-electron chi connectivity index (χ2n) is 9.26. The summed E-state index contributed by atoms with van der Waals surface area (Å²) in [5, 5.41) is 10.6. The zero-order chi connectivity index (χ0) is 25.4. The monoisotopic (exact) mass is 498 g/mol. The highest BCUT2D eigenvalue weighted by atomic mass is 35.5. The Morgan fingerprint density at radius 1 is 1.20 bits per heavy atom. The maximum atomic E-state index is 9.94. The maximum absolute atomic E-state index is 9.94. The fourth-order valence-corrected chi connectivity index (χ4v) is 5.02. The molecule has 0 unspecified atom stereocenters. The molecule has 0 bridgehead atoms. The highest BCUT2D eigenvalue weighted by Crippen LogP contribution is 2.39. The Morgan fingerprint density at radius 2 is 1.94 bits per heavy atom. The standard InChI is InChI=1S/C29H39ClN2O3/c1-5-17-32-18-25(19-32)34-20(3)11-12-22(6-2)28(21(4)26-9-7-8-10-27(26)30)29(35-31)23-13-15-24(33)16-14-23/h6,9-13,15,23-25,33H,3-5,7-8,14,16-19,31H2,1-2H3/b12-11-,22-6+,29-28+/t23-,24+/m0/s1. The van der Waals surface area contributed by atoms with Crippen molar-refractivity contribution in [2.24, 2.45) is 11.8 Å². The summed E-state index contributed by atoms with van der Waals surface area (Å²) in [6.07, 6.45) is 17.7.